The molecule has 0 aromatic heterocycles. The molecule has 17 heavy (non-hydrogen) atoms. The van der Waals surface area contributed by atoms with Gasteiger partial charge in [0.2, 0.25) is 5.91 Å². The number of benzene rings is 1. The Bertz CT molecular complexity index is 406. The van der Waals surface area contributed by atoms with Crippen LogP contribution >= 0.6 is 0 Å². The average molecular weight is 234 g/mol. The minimum absolute atomic E-state index is 0.146. The number of ether oxygens (including phenoxy) is 1. The molecule has 2 rings (SSSR count). The van der Waals surface area contributed by atoms with Gasteiger partial charge in [0.15, 0.2) is 0 Å². The van der Waals surface area contributed by atoms with Gasteiger partial charge < -0.3 is 16.2 Å². The standard InChI is InChI=1S/C13H18N2O2/c14-11-5-2-6-12(11)17-8-9-3-1-4-10(7-9)13(15)16/h1,3-4,7,11-12H,2,5-6,8,14H2,(H2,15,16). The van der Waals surface area contributed by atoms with Crippen LogP contribution in [0.4, 0.5) is 0 Å². The molecule has 4 nitrogen and oxygen atoms in total. The lowest BCUT2D eigenvalue weighted by Gasteiger charge is -2.16. The van der Waals surface area contributed by atoms with Crippen molar-refractivity contribution in [3.63, 3.8) is 0 Å². The van der Waals surface area contributed by atoms with Crippen molar-refractivity contribution in [1.29, 1.82) is 0 Å². The fourth-order valence-electron chi connectivity index (χ4n) is 2.18. The zero-order valence-electron chi connectivity index (χ0n) is 9.76. The number of nitrogens with two attached hydrogens (primary N) is 2. The summed E-state index contributed by atoms with van der Waals surface area (Å²) in [6, 6.07) is 7.35. The minimum Gasteiger partial charge on any atom is -0.372 e. The SMILES string of the molecule is NC(=O)c1cccc(COC2CCCC2N)c1. The molecule has 1 aliphatic carbocycles. The highest BCUT2D eigenvalue weighted by Crippen LogP contribution is 2.21. The Hall–Kier alpha value is -1.39. The molecule has 1 aromatic rings. The summed E-state index contributed by atoms with van der Waals surface area (Å²) in [7, 11) is 0. The highest BCUT2D eigenvalue weighted by Gasteiger charge is 2.24. The van der Waals surface area contributed by atoms with Crippen molar-refractivity contribution in [2.24, 2.45) is 11.5 Å². The van der Waals surface area contributed by atoms with Crippen LogP contribution in [0.2, 0.25) is 0 Å². The first kappa shape index (κ1) is 12.1. The van der Waals surface area contributed by atoms with Gasteiger partial charge in [-0.1, -0.05) is 12.1 Å². The van der Waals surface area contributed by atoms with Crippen LogP contribution in [0.5, 0.6) is 0 Å². The maximum absolute atomic E-state index is 11.0. The lowest BCUT2D eigenvalue weighted by Crippen LogP contribution is -2.31. The molecule has 92 valence electrons. The van der Waals surface area contributed by atoms with E-state index in [9.17, 15) is 4.79 Å². The van der Waals surface area contributed by atoms with Crippen molar-refractivity contribution in [1.82, 2.24) is 0 Å². The fourth-order valence-corrected chi connectivity index (χ4v) is 2.18. The Morgan fingerprint density at radius 2 is 2.24 bits per heavy atom. The summed E-state index contributed by atoms with van der Waals surface area (Å²) in [5.74, 6) is -0.413. The van der Waals surface area contributed by atoms with E-state index in [1.807, 2.05) is 12.1 Å². The van der Waals surface area contributed by atoms with Crippen LogP contribution in [0.15, 0.2) is 24.3 Å². The number of amides is 1. The van der Waals surface area contributed by atoms with E-state index in [2.05, 4.69) is 0 Å². The molecule has 0 aliphatic heterocycles. The van der Waals surface area contributed by atoms with E-state index in [1.165, 1.54) is 0 Å². The van der Waals surface area contributed by atoms with E-state index in [1.54, 1.807) is 12.1 Å². The van der Waals surface area contributed by atoms with E-state index in [-0.39, 0.29) is 12.1 Å². The second-order valence-corrected chi connectivity index (χ2v) is 4.51. The largest absolute Gasteiger partial charge is 0.372 e. The molecule has 1 amide bonds. The van der Waals surface area contributed by atoms with Crippen molar-refractivity contribution in [3.8, 4) is 0 Å². The van der Waals surface area contributed by atoms with Gasteiger partial charge in [-0.05, 0) is 37.0 Å². The molecule has 1 aromatic carbocycles. The first-order valence-electron chi connectivity index (χ1n) is 5.93. The molecule has 4 heteroatoms. The molecule has 0 saturated heterocycles. The maximum atomic E-state index is 11.0. The number of carbonyl (C=O) groups is 1. The lowest BCUT2D eigenvalue weighted by molar-refractivity contribution is 0.0357. The van der Waals surface area contributed by atoms with Gasteiger partial charge in [-0.25, -0.2) is 0 Å². The molecule has 2 unspecified atom stereocenters. The zero-order chi connectivity index (χ0) is 12.3. The first-order chi connectivity index (χ1) is 8.16. The normalized spacial score (nSPS) is 23.8. The van der Waals surface area contributed by atoms with Gasteiger partial charge in [-0.15, -0.1) is 0 Å². The summed E-state index contributed by atoms with van der Waals surface area (Å²) < 4.78 is 5.76. The molecule has 0 radical (unpaired) electrons. The van der Waals surface area contributed by atoms with Crippen LogP contribution in [0.3, 0.4) is 0 Å². The lowest BCUT2D eigenvalue weighted by atomic mass is 10.1. The van der Waals surface area contributed by atoms with Crippen molar-refractivity contribution < 1.29 is 9.53 Å². The summed E-state index contributed by atoms with van der Waals surface area (Å²) in [5.41, 5.74) is 12.6. The predicted molar refractivity (Wildman–Crippen MR) is 65.4 cm³/mol. The summed E-state index contributed by atoms with van der Waals surface area (Å²) in [5, 5.41) is 0. The summed E-state index contributed by atoms with van der Waals surface area (Å²) in [4.78, 5) is 11.0. The number of hydrogen-bond acceptors (Lipinski definition) is 3. The second-order valence-electron chi connectivity index (χ2n) is 4.51. The molecular weight excluding hydrogens is 216 g/mol. The van der Waals surface area contributed by atoms with Crippen LogP contribution in [0.25, 0.3) is 0 Å². The van der Waals surface area contributed by atoms with Crippen molar-refractivity contribution in [2.45, 2.75) is 38.0 Å². The first-order valence-corrected chi connectivity index (χ1v) is 5.93. The molecule has 1 fully saturated rings. The Morgan fingerprint density at radius 1 is 1.41 bits per heavy atom. The highest BCUT2D eigenvalue weighted by atomic mass is 16.5. The van der Waals surface area contributed by atoms with E-state index in [4.69, 9.17) is 16.2 Å². The maximum Gasteiger partial charge on any atom is 0.248 e. The van der Waals surface area contributed by atoms with Gasteiger partial charge in [0.05, 0.1) is 12.7 Å². The summed E-state index contributed by atoms with van der Waals surface area (Å²) in [6.45, 7) is 0.486. The van der Waals surface area contributed by atoms with Crippen LogP contribution in [0, 0.1) is 0 Å². The van der Waals surface area contributed by atoms with E-state index in [0.717, 1.165) is 24.8 Å². The van der Waals surface area contributed by atoms with Crippen molar-refractivity contribution in [3.05, 3.63) is 35.4 Å². The van der Waals surface area contributed by atoms with E-state index in [0.29, 0.717) is 12.2 Å². The third kappa shape index (κ3) is 3.05. The molecule has 1 saturated carbocycles. The Balaban J connectivity index is 1.94. The zero-order valence-corrected chi connectivity index (χ0v) is 9.76. The van der Waals surface area contributed by atoms with Gasteiger partial charge in [0.25, 0.3) is 0 Å². The average Bonchev–Trinajstić information content (AvgIpc) is 2.72. The van der Waals surface area contributed by atoms with Gasteiger partial charge in [-0.3, -0.25) is 4.79 Å². The minimum atomic E-state index is -0.413. The van der Waals surface area contributed by atoms with Crippen LogP contribution in [0.1, 0.15) is 35.2 Å². The van der Waals surface area contributed by atoms with Crippen LogP contribution in [-0.4, -0.2) is 18.1 Å². The van der Waals surface area contributed by atoms with Gasteiger partial charge in [-0.2, -0.15) is 0 Å². The molecular formula is C13H18N2O2. The number of rotatable bonds is 4. The second kappa shape index (κ2) is 5.29. The monoisotopic (exact) mass is 234 g/mol. The summed E-state index contributed by atoms with van der Waals surface area (Å²) in [6.07, 6.45) is 3.34. The predicted octanol–water partition coefficient (Wildman–Crippen LogP) is 1.18. The topological polar surface area (TPSA) is 78.3 Å². The van der Waals surface area contributed by atoms with Gasteiger partial charge in [0, 0.05) is 11.6 Å². The Kier molecular flexibility index (Phi) is 3.76. The third-order valence-electron chi connectivity index (χ3n) is 3.18. The van der Waals surface area contributed by atoms with Crippen molar-refractivity contribution >= 4 is 5.91 Å². The third-order valence-corrected chi connectivity index (χ3v) is 3.18. The highest BCUT2D eigenvalue weighted by molar-refractivity contribution is 5.92. The molecule has 4 N–H and O–H groups in total. The molecule has 0 spiro atoms. The number of hydrogen-bond donors (Lipinski definition) is 2. The van der Waals surface area contributed by atoms with E-state index < -0.39 is 5.91 Å². The summed E-state index contributed by atoms with van der Waals surface area (Å²) >= 11 is 0. The number of carbonyl (C=O) groups excluding carboxylic acids is 1. The molecule has 0 heterocycles. The van der Waals surface area contributed by atoms with Crippen LogP contribution < -0.4 is 11.5 Å². The van der Waals surface area contributed by atoms with Crippen LogP contribution in [-0.2, 0) is 11.3 Å². The smallest absolute Gasteiger partial charge is 0.248 e. The van der Waals surface area contributed by atoms with Gasteiger partial charge in [0.1, 0.15) is 0 Å². The van der Waals surface area contributed by atoms with Gasteiger partial charge >= 0.3 is 0 Å². The molecule has 2 atom stereocenters. The Morgan fingerprint density at radius 3 is 2.88 bits per heavy atom. The Labute approximate surface area is 101 Å². The van der Waals surface area contributed by atoms with E-state index >= 15 is 0 Å². The van der Waals surface area contributed by atoms with Crippen molar-refractivity contribution in [2.75, 3.05) is 0 Å². The molecule has 1 aliphatic rings. The fraction of sp³-hybridized carbons (Fsp3) is 0.462. The number of primary amides is 1. The quantitative estimate of drug-likeness (QED) is 0.821. The molecule has 0 bridgehead atoms.